The number of nitro groups is 1. The molecule has 0 saturated carbocycles. The first-order valence-corrected chi connectivity index (χ1v) is 9.49. The van der Waals surface area contributed by atoms with E-state index in [9.17, 15) is 24.5 Å². The first-order chi connectivity index (χ1) is 14.5. The molecule has 2 aromatic rings. The lowest BCUT2D eigenvalue weighted by molar-refractivity contribution is -0.385. The number of carbonyl (C=O) groups excluding carboxylic acids is 3. The molecule has 8 nitrogen and oxygen atoms in total. The zero-order chi connectivity index (χ0) is 21.3. The van der Waals surface area contributed by atoms with Gasteiger partial charge in [0.1, 0.15) is 6.61 Å². The number of carbonyl (C=O) groups is 3. The van der Waals surface area contributed by atoms with Gasteiger partial charge in [-0.1, -0.05) is 30.4 Å². The van der Waals surface area contributed by atoms with E-state index in [1.54, 1.807) is 18.2 Å². The van der Waals surface area contributed by atoms with E-state index in [1.807, 2.05) is 12.2 Å². The monoisotopic (exact) mass is 406 g/mol. The third-order valence-corrected chi connectivity index (χ3v) is 5.39. The number of para-hydroxylation sites is 1. The van der Waals surface area contributed by atoms with E-state index in [0.29, 0.717) is 18.5 Å². The van der Waals surface area contributed by atoms with E-state index in [0.717, 1.165) is 4.90 Å². The number of amides is 2. The second-order valence-electron chi connectivity index (χ2n) is 7.18. The maximum Gasteiger partial charge on any atom is 0.338 e. The number of esters is 1. The summed E-state index contributed by atoms with van der Waals surface area (Å²) in [5.41, 5.74) is 0.608. The van der Waals surface area contributed by atoms with Crippen LogP contribution in [0.25, 0.3) is 0 Å². The number of fused-ring (bicyclic) bond motifs is 1. The van der Waals surface area contributed by atoms with Crippen LogP contribution in [0.3, 0.4) is 0 Å². The molecule has 2 amide bonds. The molecular weight excluding hydrogens is 388 g/mol. The van der Waals surface area contributed by atoms with Crippen LogP contribution >= 0.6 is 0 Å². The fourth-order valence-electron chi connectivity index (χ4n) is 3.86. The molecule has 2 atom stereocenters. The van der Waals surface area contributed by atoms with Crippen LogP contribution in [0, 0.1) is 22.0 Å². The Morgan fingerprint density at radius 1 is 1.03 bits per heavy atom. The Bertz CT molecular complexity index is 1050. The van der Waals surface area contributed by atoms with Crippen molar-refractivity contribution in [2.75, 3.05) is 4.90 Å². The highest BCUT2D eigenvalue weighted by Crippen LogP contribution is 2.37. The van der Waals surface area contributed by atoms with Gasteiger partial charge in [0.25, 0.3) is 5.69 Å². The standard InChI is InChI=1S/C22H18N2O6/c25-20-17-9-2-3-10-18(17)21(26)23(20)16-8-5-7-14(12-16)22(27)30-13-15-6-1-4-11-19(15)24(28)29/h1-8,11-12,17-18H,9-10,13H2/t17-,18-/m0/s1. The lowest BCUT2D eigenvalue weighted by Crippen LogP contribution is -2.31. The predicted octanol–water partition coefficient (Wildman–Crippen LogP) is 3.41. The van der Waals surface area contributed by atoms with E-state index < -0.39 is 10.9 Å². The SMILES string of the molecule is O=C(OCc1ccccc1[N+](=O)[O-])c1cccc(N2C(=O)[C@H]3CC=CC[C@@H]3C2=O)c1. The van der Waals surface area contributed by atoms with Crippen molar-refractivity contribution in [1.29, 1.82) is 0 Å². The van der Waals surface area contributed by atoms with Gasteiger partial charge in [-0.15, -0.1) is 0 Å². The van der Waals surface area contributed by atoms with E-state index in [4.69, 9.17) is 4.74 Å². The largest absolute Gasteiger partial charge is 0.457 e. The van der Waals surface area contributed by atoms with Crippen molar-refractivity contribution in [1.82, 2.24) is 0 Å². The molecule has 1 heterocycles. The molecule has 1 fully saturated rings. The summed E-state index contributed by atoms with van der Waals surface area (Å²) in [4.78, 5) is 49.6. The number of imide groups is 1. The lowest BCUT2D eigenvalue weighted by Gasteiger charge is -2.15. The number of nitro benzene ring substituents is 1. The Hall–Kier alpha value is -3.81. The Balaban J connectivity index is 1.51. The second-order valence-corrected chi connectivity index (χ2v) is 7.18. The number of ether oxygens (including phenoxy) is 1. The van der Waals surface area contributed by atoms with Crippen molar-refractivity contribution in [3.63, 3.8) is 0 Å². The predicted molar refractivity (Wildman–Crippen MR) is 107 cm³/mol. The third-order valence-electron chi connectivity index (χ3n) is 5.39. The van der Waals surface area contributed by atoms with Crippen LogP contribution in [-0.4, -0.2) is 22.7 Å². The van der Waals surface area contributed by atoms with Crippen molar-refractivity contribution in [2.24, 2.45) is 11.8 Å². The van der Waals surface area contributed by atoms with Gasteiger partial charge >= 0.3 is 5.97 Å². The molecule has 4 rings (SSSR count). The Kier molecular flexibility index (Phi) is 5.14. The van der Waals surface area contributed by atoms with Gasteiger partial charge < -0.3 is 4.74 Å². The number of benzene rings is 2. The zero-order valence-corrected chi connectivity index (χ0v) is 15.9. The minimum Gasteiger partial charge on any atom is -0.457 e. The average Bonchev–Trinajstić information content (AvgIpc) is 3.02. The molecule has 30 heavy (non-hydrogen) atoms. The summed E-state index contributed by atoms with van der Waals surface area (Å²) in [6, 6.07) is 12.1. The van der Waals surface area contributed by atoms with Crippen LogP contribution in [0.15, 0.2) is 60.7 Å². The third kappa shape index (κ3) is 3.47. The maximum absolute atomic E-state index is 12.7. The molecule has 1 aliphatic heterocycles. The summed E-state index contributed by atoms with van der Waals surface area (Å²) < 4.78 is 5.23. The van der Waals surface area contributed by atoms with E-state index in [1.165, 1.54) is 30.3 Å². The molecule has 0 radical (unpaired) electrons. The number of hydrogen-bond donors (Lipinski definition) is 0. The van der Waals surface area contributed by atoms with Gasteiger partial charge in [-0.05, 0) is 37.1 Å². The van der Waals surface area contributed by atoms with Crippen LogP contribution < -0.4 is 4.90 Å². The number of rotatable bonds is 5. The number of nitrogens with zero attached hydrogens (tertiary/aromatic N) is 2. The van der Waals surface area contributed by atoms with Gasteiger partial charge in [-0.3, -0.25) is 24.6 Å². The van der Waals surface area contributed by atoms with Gasteiger partial charge in [-0.25, -0.2) is 4.79 Å². The summed E-state index contributed by atoms with van der Waals surface area (Å²) in [7, 11) is 0. The summed E-state index contributed by atoms with van der Waals surface area (Å²) in [6.45, 7) is -0.266. The first-order valence-electron chi connectivity index (χ1n) is 9.49. The van der Waals surface area contributed by atoms with Gasteiger partial charge in [0.15, 0.2) is 0 Å². The van der Waals surface area contributed by atoms with E-state index in [2.05, 4.69) is 0 Å². The molecule has 0 aromatic heterocycles. The first kappa shape index (κ1) is 19.5. The maximum atomic E-state index is 12.7. The quantitative estimate of drug-likeness (QED) is 0.248. The van der Waals surface area contributed by atoms with Gasteiger partial charge in [0.05, 0.1) is 33.6 Å². The highest BCUT2D eigenvalue weighted by Gasteiger charge is 2.47. The molecule has 1 saturated heterocycles. The van der Waals surface area contributed by atoms with E-state index in [-0.39, 0.29) is 47.1 Å². The molecule has 0 N–H and O–H groups in total. The smallest absolute Gasteiger partial charge is 0.338 e. The Morgan fingerprint density at radius 3 is 2.37 bits per heavy atom. The van der Waals surface area contributed by atoms with E-state index >= 15 is 0 Å². The van der Waals surface area contributed by atoms with Crippen LogP contribution in [0.1, 0.15) is 28.8 Å². The second kappa shape index (κ2) is 7.90. The molecule has 1 aliphatic carbocycles. The molecule has 8 heteroatoms. The number of hydrogen-bond acceptors (Lipinski definition) is 6. The number of anilines is 1. The summed E-state index contributed by atoms with van der Waals surface area (Å²) >= 11 is 0. The fourth-order valence-corrected chi connectivity index (χ4v) is 3.86. The molecule has 0 bridgehead atoms. The Morgan fingerprint density at radius 2 is 1.70 bits per heavy atom. The number of allylic oxidation sites excluding steroid dienone is 2. The topological polar surface area (TPSA) is 107 Å². The van der Waals surface area contributed by atoms with Crippen LogP contribution in [0.2, 0.25) is 0 Å². The van der Waals surface area contributed by atoms with Crippen molar-refractivity contribution in [3.8, 4) is 0 Å². The van der Waals surface area contributed by atoms with Gasteiger partial charge in [-0.2, -0.15) is 0 Å². The fraction of sp³-hybridized carbons (Fsp3) is 0.227. The van der Waals surface area contributed by atoms with Crippen molar-refractivity contribution in [2.45, 2.75) is 19.4 Å². The lowest BCUT2D eigenvalue weighted by atomic mass is 9.85. The Labute approximate surface area is 171 Å². The van der Waals surface area contributed by atoms with Crippen LogP contribution in [-0.2, 0) is 20.9 Å². The summed E-state index contributed by atoms with van der Waals surface area (Å²) in [6.07, 6.45) is 4.88. The average molecular weight is 406 g/mol. The molecule has 2 aliphatic rings. The van der Waals surface area contributed by atoms with Gasteiger partial charge in [0, 0.05) is 6.07 Å². The highest BCUT2D eigenvalue weighted by molar-refractivity contribution is 6.22. The molecule has 0 spiro atoms. The molecular formula is C22H18N2O6. The van der Waals surface area contributed by atoms with Crippen LogP contribution in [0.5, 0.6) is 0 Å². The van der Waals surface area contributed by atoms with Crippen molar-refractivity contribution >= 4 is 29.2 Å². The summed E-state index contributed by atoms with van der Waals surface area (Å²) in [5, 5.41) is 11.1. The summed E-state index contributed by atoms with van der Waals surface area (Å²) in [5.74, 6) is -1.96. The normalized spacial score (nSPS) is 20.2. The van der Waals surface area contributed by atoms with Gasteiger partial charge in [0.2, 0.25) is 11.8 Å². The van der Waals surface area contributed by atoms with Crippen molar-refractivity contribution in [3.05, 3.63) is 81.9 Å². The molecule has 152 valence electrons. The minimum absolute atomic E-state index is 0.136. The van der Waals surface area contributed by atoms with Crippen LogP contribution in [0.4, 0.5) is 11.4 Å². The van der Waals surface area contributed by atoms with Crippen molar-refractivity contribution < 1.29 is 24.0 Å². The zero-order valence-electron chi connectivity index (χ0n) is 15.9. The minimum atomic E-state index is -0.701. The molecule has 0 unspecified atom stereocenters. The molecule has 2 aromatic carbocycles. The highest BCUT2D eigenvalue weighted by atomic mass is 16.6.